The highest BCUT2D eigenvalue weighted by atomic mass is 19.1. The van der Waals surface area contributed by atoms with E-state index in [0.29, 0.717) is 5.56 Å². The lowest BCUT2D eigenvalue weighted by Crippen LogP contribution is -2.37. The van der Waals surface area contributed by atoms with Gasteiger partial charge in [0.2, 0.25) is 0 Å². The van der Waals surface area contributed by atoms with E-state index >= 15 is 0 Å². The van der Waals surface area contributed by atoms with E-state index in [1.54, 1.807) is 24.5 Å². The Morgan fingerprint density at radius 3 is 2.64 bits per heavy atom. The largest absolute Gasteiger partial charge is 0.344 e. The number of carbonyl (C=O) groups excluding carboxylic acids is 2. The average molecular weight is 300 g/mol. The summed E-state index contributed by atoms with van der Waals surface area (Å²) < 4.78 is 12.7. The molecule has 2 N–H and O–H groups in total. The topological polar surface area (TPSA) is 83.5 Å². The SMILES string of the molecule is O=C(NCc1cccnc1)C(=O)NN=Cc1ccc(F)cc1. The van der Waals surface area contributed by atoms with Crippen molar-refractivity contribution in [2.24, 2.45) is 5.10 Å². The van der Waals surface area contributed by atoms with Gasteiger partial charge >= 0.3 is 11.8 Å². The lowest BCUT2D eigenvalue weighted by atomic mass is 10.2. The number of aromatic nitrogens is 1. The van der Waals surface area contributed by atoms with Crippen LogP contribution < -0.4 is 10.7 Å². The summed E-state index contributed by atoms with van der Waals surface area (Å²) in [7, 11) is 0. The number of nitrogens with zero attached hydrogens (tertiary/aromatic N) is 2. The molecule has 2 rings (SSSR count). The van der Waals surface area contributed by atoms with Crippen LogP contribution in [-0.4, -0.2) is 23.0 Å². The average Bonchev–Trinajstić information content (AvgIpc) is 2.55. The molecule has 0 aliphatic rings. The molecule has 0 atom stereocenters. The third-order valence-electron chi connectivity index (χ3n) is 2.63. The number of halogens is 1. The third kappa shape index (κ3) is 4.78. The van der Waals surface area contributed by atoms with Gasteiger partial charge in [0.05, 0.1) is 6.21 Å². The molecule has 0 spiro atoms. The molecule has 1 aromatic heterocycles. The molecule has 0 aliphatic heterocycles. The van der Waals surface area contributed by atoms with Gasteiger partial charge in [0, 0.05) is 18.9 Å². The summed E-state index contributed by atoms with van der Waals surface area (Å²) in [5.74, 6) is -2.06. The second kappa shape index (κ2) is 7.63. The van der Waals surface area contributed by atoms with Crippen molar-refractivity contribution in [1.29, 1.82) is 0 Å². The number of pyridine rings is 1. The molecular formula is C15H13FN4O2. The predicted octanol–water partition coefficient (Wildman–Crippen LogP) is 0.987. The predicted molar refractivity (Wildman–Crippen MR) is 78.2 cm³/mol. The Balaban J connectivity index is 1.79. The van der Waals surface area contributed by atoms with Gasteiger partial charge in [-0.25, -0.2) is 9.82 Å². The monoisotopic (exact) mass is 300 g/mol. The third-order valence-corrected chi connectivity index (χ3v) is 2.63. The highest BCUT2D eigenvalue weighted by Gasteiger charge is 2.11. The minimum atomic E-state index is -0.887. The van der Waals surface area contributed by atoms with E-state index in [-0.39, 0.29) is 12.4 Å². The van der Waals surface area contributed by atoms with Crippen molar-refractivity contribution in [3.63, 3.8) is 0 Å². The van der Waals surface area contributed by atoms with Crippen molar-refractivity contribution >= 4 is 18.0 Å². The lowest BCUT2D eigenvalue weighted by molar-refractivity contribution is -0.139. The van der Waals surface area contributed by atoms with E-state index in [1.165, 1.54) is 30.5 Å². The highest BCUT2D eigenvalue weighted by Crippen LogP contribution is 1.99. The minimum absolute atomic E-state index is 0.196. The Labute approximate surface area is 126 Å². The number of carbonyl (C=O) groups is 2. The Hall–Kier alpha value is -3.09. The molecule has 2 aromatic rings. The van der Waals surface area contributed by atoms with Crippen LogP contribution in [0.2, 0.25) is 0 Å². The first-order valence-corrected chi connectivity index (χ1v) is 6.41. The maximum atomic E-state index is 12.7. The van der Waals surface area contributed by atoms with Crippen LogP contribution in [0.1, 0.15) is 11.1 Å². The van der Waals surface area contributed by atoms with Crippen molar-refractivity contribution in [2.45, 2.75) is 6.54 Å². The number of nitrogens with one attached hydrogen (secondary N) is 2. The Kier molecular flexibility index (Phi) is 5.31. The summed E-state index contributed by atoms with van der Waals surface area (Å²) in [5.41, 5.74) is 3.46. The van der Waals surface area contributed by atoms with Crippen molar-refractivity contribution in [3.05, 3.63) is 65.7 Å². The molecule has 22 heavy (non-hydrogen) atoms. The molecule has 1 heterocycles. The number of hydrogen-bond acceptors (Lipinski definition) is 4. The number of hydrogen-bond donors (Lipinski definition) is 2. The summed E-state index contributed by atoms with van der Waals surface area (Å²) in [6.07, 6.45) is 4.51. The van der Waals surface area contributed by atoms with Gasteiger partial charge in [0.1, 0.15) is 5.82 Å². The zero-order valence-corrected chi connectivity index (χ0v) is 11.5. The zero-order valence-electron chi connectivity index (χ0n) is 11.5. The Morgan fingerprint density at radius 2 is 1.95 bits per heavy atom. The summed E-state index contributed by atoms with van der Waals surface area (Å²) in [6.45, 7) is 0.196. The molecule has 2 amide bonds. The second-order valence-corrected chi connectivity index (χ2v) is 4.29. The quantitative estimate of drug-likeness (QED) is 0.502. The zero-order chi connectivity index (χ0) is 15.8. The van der Waals surface area contributed by atoms with Crippen LogP contribution in [-0.2, 0) is 16.1 Å². The Bertz CT molecular complexity index is 672. The molecular weight excluding hydrogens is 287 g/mol. The molecule has 0 unspecified atom stereocenters. The van der Waals surface area contributed by atoms with Crippen LogP contribution in [0, 0.1) is 5.82 Å². The fourth-order valence-electron chi connectivity index (χ4n) is 1.53. The first-order valence-electron chi connectivity index (χ1n) is 6.41. The highest BCUT2D eigenvalue weighted by molar-refractivity contribution is 6.35. The van der Waals surface area contributed by atoms with Gasteiger partial charge < -0.3 is 5.32 Å². The summed E-state index contributed by atoms with van der Waals surface area (Å²) >= 11 is 0. The van der Waals surface area contributed by atoms with Gasteiger partial charge in [-0.2, -0.15) is 5.10 Å². The minimum Gasteiger partial charge on any atom is -0.344 e. The summed E-state index contributed by atoms with van der Waals surface area (Å²) in [5, 5.41) is 6.07. The van der Waals surface area contributed by atoms with Crippen molar-refractivity contribution in [1.82, 2.24) is 15.7 Å². The van der Waals surface area contributed by atoms with Gasteiger partial charge in [-0.3, -0.25) is 14.6 Å². The molecule has 0 saturated carbocycles. The van der Waals surface area contributed by atoms with Gasteiger partial charge in [-0.1, -0.05) is 18.2 Å². The fraction of sp³-hybridized carbons (Fsp3) is 0.0667. The second-order valence-electron chi connectivity index (χ2n) is 4.29. The van der Waals surface area contributed by atoms with E-state index < -0.39 is 11.8 Å². The number of hydrazone groups is 1. The smallest absolute Gasteiger partial charge is 0.329 e. The normalized spacial score (nSPS) is 10.4. The Morgan fingerprint density at radius 1 is 1.18 bits per heavy atom. The molecule has 0 saturated heterocycles. The number of benzene rings is 1. The van der Waals surface area contributed by atoms with E-state index in [4.69, 9.17) is 0 Å². The fourth-order valence-corrected chi connectivity index (χ4v) is 1.53. The maximum absolute atomic E-state index is 12.7. The van der Waals surface area contributed by atoms with Crippen molar-refractivity contribution < 1.29 is 14.0 Å². The molecule has 0 fully saturated rings. The molecule has 0 radical (unpaired) electrons. The molecule has 0 bridgehead atoms. The van der Waals surface area contributed by atoms with Gasteiger partial charge in [0.25, 0.3) is 0 Å². The standard InChI is InChI=1S/C15H13FN4O2/c16-13-5-3-11(4-6-13)10-19-20-15(22)14(21)18-9-12-2-1-7-17-8-12/h1-8,10H,9H2,(H,18,21)(H,20,22). The van der Waals surface area contributed by atoms with Crippen molar-refractivity contribution in [2.75, 3.05) is 0 Å². The van der Waals surface area contributed by atoms with Gasteiger partial charge in [0.15, 0.2) is 0 Å². The first-order chi connectivity index (χ1) is 10.6. The molecule has 6 nitrogen and oxygen atoms in total. The van der Waals surface area contributed by atoms with E-state index in [9.17, 15) is 14.0 Å². The van der Waals surface area contributed by atoms with E-state index in [0.717, 1.165) is 5.56 Å². The van der Waals surface area contributed by atoms with Gasteiger partial charge in [-0.15, -0.1) is 0 Å². The molecule has 7 heteroatoms. The van der Waals surface area contributed by atoms with Crippen LogP contribution in [0.15, 0.2) is 53.9 Å². The van der Waals surface area contributed by atoms with Crippen LogP contribution in [0.5, 0.6) is 0 Å². The number of amides is 2. The lowest BCUT2D eigenvalue weighted by Gasteiger charge is -2.03. The van der Waals surface area contributed by atoms with Crippen LogP contribution in [0.4, 0.5) is 4.39 Å². The van der Waals surface area contributed by atoms with E-state index in [1.807, 2.05) is 0 Å². The maximum Gasteiger partial charge on any atom is 0.329 e. The first kappa shape index (κ1) is 15.3. The van der Waals surface area contributed by atoms with Crippen molar-refractivity contribution in [3.8, 4) is 0 Å². The summed E-state index contributed by atoms with van der Waals surface area (Å²) in [4.78, 5) is 26.9. The van der Waals surface area contributed by atoms with Crippen LogP contribution in [0.3, 0.4) is 0 Å². The summed E-state index contributed by atoms with van der Waals surface area (Å²) in [6, 6.07) is 9.03. The molecule has 112 valence electrons. The van der Waals surface area contributed by atoms with Crippen LogP contribution in [0.25, 0.3) is 0 Å². The molecule has 1 aromatic carbocycles. The number of rotatable bonds is 4. The van der Waals surface area contributed by atoms with Crippen LogP contribution >= 0.6 is 0 Å². The van der Waals surface area contributed by atoms with E-state index in [2.05, 4.69) is 20.8 Å². The molecule has 0 aliphatic carbocycles. The van der Waals surface area contributed by atoms with Gasteiger partial charge in [-0.05, 0) is 29.3 Å².